The van der Waals surface area contributed by atoms with E-state index in [0.717, 1.165) is 37.7 Å². The lowest BCUT2D eigenvalue weighted by Crippen LogP contribution is -2.36. The highest BCUT2D eigenvalue weighted by molar-refractivity contribution is 5.47. The third kappa shape index (κ3) is 3.32. The van der Waals surface area contributed by atoms with Crippen LogP contribution in [-0.4, -0.2) is 46.0 Å². The highest BCUT2D eigenvalue weighted by Gasteiger charge is 2.23. The number of aromatic nitrogens is 3. The van der Waals surface area contributed by atoms with Gasteiger partial charge in [-0.25, -0.2) is 4.98 Å². The number of hydrogen-bond acceptors (Lipinski definition) is 5. The Morgan fingerprint density at radius 3 is 3.09 bits per heavy atom. The van der Waals surface area contributed by atoms with E-state index in [1.807, 2.05) is 10.7 Å². The summed E-state index contributed by atoms with van der Waals surface area (Å²) < 4.78 is 13.5. The first-order valence-electron chi connectivity index (χ1n) is 8.31. The molecule has 4 rings (SSSR count). The van der Waals surface area contributed by atoms with Crippen LogP contribution in [0.2, 0.25) is 0 Å². The Labute approximate surface area is 136 Å². The van der Waals surface area contributed by atoms with Crippen LogP contribution in [0.1, 0.15) is 18.4 Å². The zero-order chi connectivity index (χ0) is 15.5. The Hall–Kier alpha value is -2.08. The minimum atomic E-state index is 0.627. The second-order valence-electron chi connectivity index (χ2n) is 6.30. The molecule has 0 saturated carbocycles. The van der Waals surface area contributed by atoms with Gasteiger partial charge in [-0.05, 0) is 31.4 Å². The van der Waals surface area contributed by atoms with Crippen molar-refractivity contribution in [3.8, 4) is 11.5 Å². The van der Waals surface area contributed by atoms with E-state index in [4.69, 9.17) is 9.47 Å². The van der Waals surface area contributed by atoms with E-state index in [1.165, 1.54) is 18.4 Å². The van der Waals surface area contributed by atoms with Crippen molar-refractivity contribution in [3.63, 3.8) is 0 Å². The van der Waals surface area contributed by atoms with Crippen LogP contribution in [0.4, 0.5) is 0 Å². The SMILES string of the molecule is c1cc(CN2CCC[C@@H](Cn3cncn3)C2)c2c(c1)OCCO2. The number of piperidine rings is 1. The predicted molar refractivity (Wildman–Crippen MR) is 85.5 cm³/mol. The van der Waals surface area contributed by atoms with E-state index in [0.29, 0.717) is 19.1 Å². The molecule has 1 fully saturated rings. The average Bonchev–Trinajstić information content (AvgIpc) is 3.09. The molecule has 23 heavy (non-hydrogen) atoms. The van der Waals surface area contributed by atoms with E-state index in [1.54, 1.807) is 12.7 Å². The smallest absolute Gasteiger partial charge is 0.165 e. The Morgan fingerprint density at radius 2 is 2.17 bits per heavy atom. The number of hydrogen-bond donors (Lipinski definition) is 0. The molecule has 1 atom stereocenters. The Kier molecular flexibility index (Phi) is 4.15. The van der Waals surface area contributed by atoms with Crippen molar-refractivity contribution in [2.24, 2.45) is 5.92 Å². The van der Waals surface area contributed by atoms with Crippen molar-refractivity contribution in [1.82, 2.24) is 19.7 Å². The molecule has 0 unspecified atom stereocenters. The largest absolute Gasteiger partial charge is 0.486 e. The molecule has 0 radical (unpaired) electrons. The van der Waals surface area contributed by atoms with Gasteiger partial charge in [-0.1, -0.05) is 12.1 Å². The number of ether oxygens (including phenoxy) is 2. The lowest BCUT2D eigenvalue weighted by atomic mass is 9.97. The van der Waals surface area contributed by atoms with Crippen molar-refractivity contribution in [1.29, 1.82) is 0 Å². The molecule has 0 aliphatic carbocycles. The second kappa shape index (κ2) is 6.58. The summed E-state index contributed by atoms with van der Waals surface area (Å²) >= 11 is 0. The third-order valence-electron chi connectivity index (χ3n) is 4.56. The van der Waals surface area contributed by atoms with Crippen LogP contribution in [0.5, 0.6) is 11.5 Å². The molecule has 0 spiro atoms. The monoisotopic (exact) mass is 314 g/mol. The minimum Gasteiger partial charge on any atom is -0.486 e. The van der Waals surface area contributed by atoms with Crippen LogP contribution in [-0.2, 0) is 13.1 Å². The van der Waals surface area contributed by atoms with Gasteiger partial charge in [-0.3, -0.25) is 9.58 Å². The molecule has 2 aliphatic heterocycles. The summed E-state index contributed by atoms with van der Waals surface area (Å²) in [5.74, 6) is 2.43. The van der Waals surface area contributed by atoms with Gasteiger partial charge >= 0.3 is 0 Å². The molecular weight excluding hydrogens is 292 g/mol. The van der Waals surface area contributed by atoms with E-state index in [9.17, 15) is 0 Å². The molecule has 122 valence electrons. The van der Waals surface area contributed by atoms with Crippen LogP contribution < -0.4 is 9.47 Å². The fourth-order valence-electron chi connectivity index (χ4n) is 3.54. The van der Waals surface area contributed by atoms with E-state index >= 15 is 0 Å². The molecule has 2 aliphatic rings. The normalized spacial score (nSPS) is 21.3. The van der Waals surface area contributed by atoms with Crippen molar-refractivity contribution in [2.75, 3.05) is 26.3 Å². The summed E-state index contributed by atoms with van der Waals surface area (Å²) in [7, 11) is 0. The first-order chi connectivity index (χ1) is 11.4. The van der Waals surface area contributed by atoms with Crippen LogP contribution in [0, 0.1) is 5.92 Å². The van der Waals surface area contributed by atoms with Gasteiger partial charge in [0.2, 0.25) is 0 Å². The molecule has 3 heterocycles. The van der Waals surface area contributed by atoms with Crippen LogP contribution in [0.15, 0.2) is 30.9 Å². The van der Waals surface area contributed by atoms with Gasteiger partial charge in [-0.2, -0.15) is 5.10 Å². The predicted octanol–water partition coefficient (Wildman–Crippen LogP) is 1.96. The Morgan fingerprint density at radius 1 is 1.22 bits per heavy atom. The van der Waals surface area contributed by atoms with Crippen LogP contribution in [0.3, 0.4) is 0 Å². The number of likely N-dealkylation sites (tertiary alicyclic amines) is 1. The molecule has 1 aromatic carbocycles. The van der Waals surface area contributed by atoms with Gasteiger partial charge in [0.15, 0.2) is 11.5 Å². The summed E-state index contributed by atoms with van der Waals surface area (Å²) in [6.07, 6.45) is 5.89. The number of fused-ring (bicyclic) bond motifs is 1. The van der Waals surface area contributed by atoms with Gasteiger partial charge in [0.1, 0.15) is 25.9 Å². The van der Waals surface area contributed by atoms with Crippen LogP contribution >= 0.6 is 0 Å². The molecule has 6 nitrogen and oxygen atoms in total. The molecular formula is C17H22N4O2. The highest BCUT2D eigenvalue weighted by Crippen LogP contribution is 2.34. The highest BCUT2D eigenvalue weighted by atomic mass is 16.6. The maximum absolute atomic E-state index is 5.83. The number of benzene rings is 1. The standard InChI is InChI=1S/C17H22N4O2/c1-4-15(17-16(5-1)22-7-8-23-17)11-20-6-2-3-14(9-20)10-21-13-18-12-19-21/h1,4-5,12-14H,2-3,6-11H2/t14-/m1/s1. The molecule has 2 aromatic rings. The van der Waals surface area contributed by atoms with Gasteiger partial charge in [0.05, 0.1) is 0 Å². The first-order valence-corrected chi connectivity index (χ1v) is 8.31. The third-order valence-corrected chi connectivity index (χ3v) is 4.56. The van der Waals surface area contributed by atoms with E-state index in [2.05, 4.69) is 27.1 Å². The van der Waals surface area contributed by atoms with Crippen molar-refractivity contribution >= 4 is 0 Å². The zero-order valence-corrected chi connectivity index (χ0v) is 13.2. The van der Waals surface area contributed by atoms with Crippen molar-refractivity contribution in [3.05, 3.63) is 36.4 Å². The van der Waals surface area contributed by atoms with Crippen molar-refractivity contribution < 1.29 is 9.47 Å². The van der Waals surface area contributed by atoms with E-state index in [-0.39, 0.29) is 0 Å². The number of para-hydroxylation sites is 1. The van der Waals surface area contributed by atoms with Crippen LogP contribution in [0.25, 0.3) is 0 Å². The maximum atomic E-state index is 5.83. The zero-order valence-electron chi connectivity index (χ0n) is 13.2. The average molecular weight is 314 g/mol. The first kappa shape index (κ1) is 14.5. The van der Waals surface area contributed by atoms with E-state index < -0.39 is 0 Å². The van der Waals surface area contributed by atoms with Crippen molar-refractivity contribution in [2.45, 2.75) is 25.9 Å². The maximum Gasteiger partial charge on any atom is 0.165 e. The summed E-state index contributed by atoms with van der Waals surface area (Å²) in [4.78, 5) is 6.54. The van der Waals surface area contributed by atoms with Gasteiger partial charge in [0.25, 0.3) is 0 Å². The summed E-state index contributed by atoms with van der Waals surface area (Å²) in [5, 5.41) is 4.23. The minimum absolute atomic E-state index is 0.627. The fourth-order valence-corrected chi connectivity index (χ4v) is 3.54. The fraction of sp³-hybridized carbons (Fsp3) is 0.529. The molecule has 1 aromatic heterocycles. The summed E-state index contributed by atoms with van der Waals surface area (Å²) in [6, 6.07) is 6.19. The summed E-state index contributed by atoms with van der Waals surface area (Å²) in [5.41, 5.74) is 1.23. The Balaban J connectivity index is 1.42. The molecule has 0 N–H and O–H groups in total. The molecule has 0 amide bonds. The van der Waals surface area contributed by atoms with Gasteiger partial charge < -0.3 is 9.47 Å². The molecule has 0 bridgehead atoms. The number of nitrogens with zero attached hydrogens (tertiary/aromatic N) is 4. The summed E-state index contributed by atoms with van der Waals surface area (Å²) in [6.45, 7) is 5.37. The van der Waals surface area contributed by atoms with Gasteiger partial charge in [-0.15, -0.1) is 0 Å². The molecule has 1 saturated heterocycles. The topological polar surface area (TPSA) is 52.4 Å². The quantitative estimate of drug-likeness (QED) is 0.863. The molecule has 6 heteroatoms. The second-order valence-corrected chi connectivity index (χ2v) is 6.30. The lowest BCUT2D eigenvalue weighted by Gasteiger charge is -2.33. The lowest BCUT2D eigenvalue weighted by molar-refractivity contribution is 0.143. The number of rotatable bonds is 4. The Bertz CT molecular complexity index is 644. The van der Waals surface area contributed by atoms with Gasteiger partial charge in [0, 0.05) is 25.2 Å².